The third-order valence-corrected chi connectivity index (χ3v) is 7.04. The molecule has 1 saturated heterocycles. The molecule has 2 aliphatic rings. The zero-order chi connectivity index (χ0) is 18.8. The summed E-state index contributed by atoms with van der Waals surface area (Å²) in [5.74, 6) is 2.24. The molecule has 27 heavy (non-hydrogen) atoms. The van der Waals surface area contributed by atoms with Gasteiger partial charge in [-0.2, -0.15) is 0 Å². The first-order valence-corrected chi connectivity index (χ1v) is 11.0. The number of hydrogen-bond acceptors (Lipinski definition) is 4. The van der Waals surface area contributed by atoms with E-state index in [-0.39, 0.29) is 5.91 Å². The highest BCUT2D eigenvalue weighted by Crippen LogP contribution is 2.36. The van der Waals surface area contributed by atoms with Gasteiger partial charge in [0.15, 0.2) is 5.16 Å². The summed E-state index contributed by atoms with van der Waals surface area (Å²) in [4.78, 5) is 14.9. The van der Waals surface area contributed by atoms with Crippen LogP contribution in [0.25, 0.3) is 5.69 Å². The van der Waals surface area contributed by atoms with Gasteiger partial charge in [-0.15, -0.1) is 10.2 Å². The SMILES string of the molecule is Cc1ccc(C)c(-n2cnnc2SCC(=O)N2CC[C@@H]3CCCC[C@H]3C2)c1. The second-order valence-corrected chi connectivity index (χ2v) is 8.94. The lowest BCUT2D eigenvalue weighted by Gasteiger charge is -2.41. The van der Waals surface area contributed by atoms with Crippen molar-refractivity contribution in [2.45, 2.75) is 51.1 Å². The smallest absolute Gasteiger partial charge is 0.233 e. The van der Waals surface area contributed by atoms with E-state index in [4.69, 9.17) is 0 Å². The van der Waals surface area contributed by atoms with Gasteiger partial charge in [0.05, 0.1) is 11.4 Å². The first-order chi connectivity index (χ1) is 13.1. The average Bonchev–Trinajstić information content (AvgIpc) is 3.16. The molecule has 0 radical (unpaired) electrons. The quantitative estimate of drug-likeness (QED) is 0.747. The van der Waals surface area contributed by atoms with Crippen molar-refractivity contribution in [2.75, 3.05) is 18.8 Å². The number of carbonyl (C=O) groups excluding carboxylic acids is 1. The molecule has 2 aromatic rings. The Kier molecular flexibility index (Phi) is 5.53. The third-order valence-electron chi connectivity index (χ3n) is 6.11. The number of thioether (sulfide) groups is 1. The molecule has 1 saturated carbocycles. The van der Waals surface area contributed by atoms with E-state index in [1.807, 2.05) is 4.57 Å². The number of rotatable bonds is 4. The molecule has 0 bridgehead atoms. The van der Waals surface area contributed by atoms with Gasteiger partial charge in [0.1, 0.15) is 6.33 Å². The molecule has 0 N–H and O–H groups in total. The van der Waals surface area contributed by atoms with Crippen LogP contribution in [0.3, 0.4) is 0 Å². The van der Waals surface area contributed by atoms with Crippen molar-refractivity contribution in [3.63, 3.8) is 0 Å². The van der Waals surface area contributed by atoms with E-state index in [2.05, 4.69) is 47.1 Å². The van der Waals surface area contributed by atoms with Crippen LogP contribution in [0.4, 0.5) is 0 Å². The lowest BCUT2D eigenvalue weighted by atomic mass is 9.75. The summed E-state index contributed by atoms with van der Waals surface area (Å²) in [6.45, 7) is 6.04. The minimum Gasteiger partial charge on any atom is -0.342 e. The van der Waals surface area contributed by atoms with Crippen LogP contribution < -0.4 is 0 Å². The summed E-state index contributed by atoms with van der Waals surface area (Å²) in [6, 6.07) is 6.35. The molecule has 1 aliphatic heterocycles. The minimum absolute atomic E-state index is 0.236. The van der Waals surface area contributed by atoms with Crippen molar-refractivity contribution in [2.24, 2.45) is 11.8 Å². The minimum atomic E-state index is 0.236. The molecule has 0 unspecified atom stereocenters. The second-order valence-electron chi connectivity index (χ2n) is 8.00. The Morgan fingerprint density at radius 1 is 1.19 bits per heavy atom. The predicted octanol–water partition coefficient (Wildman–Crippen LogP) is 4.01. The van der Waals surface area contributed by atoms with Gasteiger partial charge in [-0.3, -0.25) is 9.36 Å². The Hall–Kier alpha value is -1.82. The number of likely N-dealkylation sites (tertiary alicyclic amines) is 1. The van der Waals surface area contributed by atoms with Crippen molar-refractivity contribution < 1.29 is 4.79 Å². The fourth-order valence-electron chi connectivity index (χ4n) is 4.51. The summed E-state index contributed by atoms with van der Waals surface area (Å²) in [5.41, 5.74) is 3.46. The summed E-state index contributed by atoms with van der Waals surface area (Å²) < 4.78 is 1.99. The van der Waals surface area contributed by atoms with Crippen molar-refractivity contribution in [1.29, 1.82) is 0 Å². The van der Waals surface area contributed by atoms with E-state index in [1.165, 1.54) is 55.0 Å². The summed E-state index contributed by atoms with van der Waals surface area (Å²) in [6.07, 6.45) is 8.28. The van der Waals surface area contributed by atoms with E-state index in [0.717, 1.165) is 35.8 Å². The number of fused-ring (bicyclic) bond motifs is 1. The van der Waals surface area contributed by atoms with Crippen LogP contribution in [0, 0.1) is 25.7 Å². The van der Waals surface area contributed by atoms with E-state index in [1.54, 1.807) is 6.33 Å². The Morgan fingerprint density at radius 2 is 2.00 bits per heavy atom. The Morgan fingerprint density at radius 3 is 2.85 bits per heavy atom. The number of hydrogen-bond donors (Lipinski definition) is 0. The molecule has 144 valence electrons. The highest BCUT2D eigenvalue weighted by atomic mass is 32.2. The van der Waals surface area contributed by atoms with Crippen LogP contribution in [0.1, 0.15) is 43.2 Å². The van der Waals surface area contributed by atoms with Crippen LogP contribution in [-0.4, -0.2) is 44.4 Å². The Labute approximate surface area is 165 Å². The van der Waals surface area contributed by atoms with Crippen molar-refractivity contribution in [3.8, 4) is 5.69 Å². The van der Waals surface area contributed by atoms with Crippen molar-refractivity contribution in [3.05, 3.63) is 35.7 Å². The lowest BCUT2D eigenvalue weighted by Crippen LogP contribution is -2.45. The van der Waals surface area contributed by atoms with E-state index < -0.39 is 0 Å². The highest BCUT2D eigenvalue weighted by molar-refractivity contribution is 7.99. The molecule has 2 heterocycles. The number of piperidine rings is 1. The molecule has 1 aromatic carbocycles. The standard InChI is InChI=1S/C21H28N4OS/c1-15-7-8-16(2)19(11-15)25-14-22-23-21(25)27-13-20(26)24-10-9-17-5-3-4-6-18(17)12-24/h7-8,11,14,17-18H,3-6,9-10,12-13H2,1-2H3/t17-,18-/m0/s1. The largest absolute Gasteiger partial charge is 0.342 e. The van der Waals surface area contributed by atoms with E-state index in [0.29, 0.717) is 5.75 Å². The van der Waals surface area contributed by atoms with Crippen LogP contribution in [0.5, 0.6) is 0 Å². The maximum atomic E-state index is 12.8. The molecule has 5 nitrogen and oxygen atoms in total. The van der Waals surface area contributed by atoms with Crippen molar-refractivity contribution >= 4 is 17.7 Å². The topological polar surface area (TPSA) is 51.0 Å². The number of aryl methyl sites for hydroxylation is 2. The average molecular weight is 385 g/mol. The van der Waals surface area contributed by atoms with Crippen LogP contribution >= 0.6 is 11.8 Å². The first kappa shape index (κ1) is 18.5. The van der Waals surface area contributed by atoms with Gasteiger partial charge >= 0.3 is 0 Å². The molecule has 6 heteroatoms. The molecular weight excluding hydrogens is 356 g/mol. The monoisotopic (exact) mass is 384 g/mol. The third kappa shape index (κ3) is 4.05. The summed E-state index contributed by atoms with van der Waals surface area (Å²) in [5, 5.41) is 9.11. The Balaban J connectivity index is 1.40. The van der Waals surface area contributed by atoms with E-state index in [9.17, 15) is 4.79 Å². The Bertz CT molecular complexity index is 818. The molecule has 0 spiro atoms. The summed E-state index contributed by atoms with van der Waals surface area (Å²) >= 11 is 1.49. The number of benzene rings is 1. The fourth-order valence-corrected chi connectivity index (χ4v) is 5.34. The van der Waals surface area contributed by atoms with Gasteiger partial charge in [-0.05, 0) is 55.7 Å². The molecule has 4 rings (SSSR count). The number of aromatic nitrogens is 3. The zero-order valence-corrected chi connectivity index (χ0v) is 17.0. The lowest BCUT2D eigenvalue weighted by molar-refractivity contribution is -0.131. The molecule has 2 atom stereocenters. The molecule has 1 aliphatic carbocycles. The van der Waals surface area contributed by atoms with Crippen LogP contribution in [0.15, 0.2) is 29.7 Å². The molecular formula is C21H28N4OS. The normalized spacial score (nSPS) is 22.5. The van der Waals surface area contributed by atoms with Crippen molar-refractivity contribution in [1.82, 2.24) is 19.7 Å². The molecule has 1 aromatic heterocycles. The van der Waals surface area contributed by atoms with Crippen LogP contribution in [-0.2, 0) is 4.79 Å². The first-order valence-electron chi connectivity index (χ1n) is 10.00. The predicted molar refractivity (Wildman–Crippen MR) is 108 cm³/mol. The highest BCUT2D eigenvalue weighted by Gasteiger charge is 2.32. The number of nitrogens with zero attached hydrogens (tertiary/aromatic N) is 4. The number of amides is 1. The van der Waals surface area contributed by atoms with E-state index >= 15 is 0 Å². The summed E-state index contributed by atoms with van der Waals surface area (Å²) in [7, 11) is 0. The number of carbonyl (C=O) groups is 1. The van der Waals surface area contributed by atoms with Crippen LogP contribution in [0.2, 0.25) is 0 Å². The second kappa shape index (κ2) is 8.05. The fraction of sp³-hybridized carbons (Fsp3) is 0.571. The maximum Gasteiger partial charge on any atom is 0.233 e. The van der Waals surface area contributed by atoms with Gasteiger partial charge < -0.3 is 4.90 Å². The van der Waals surface area contributed by atoms with Gasteiger partial charge in [-0.1, -0.05) is 43.2 Å². The maximum absolute atomic E-state index is 12.8. The zero-order valence-electron chi connectivity index (χ0n) is 16.2. The molecule has 2 fully saturated rings. The van der Waals surface area contributed by atoms with Gasteiger partial charge in [-0.25, -0.2) is 0 Å². The molecule has 1 amide bonds. The van der Waals surface area contributed by atoms with Gasteiger partial charge in [0.2, 0.25) is 5.91 Å². The van der Waals surface area contributed by atoms with Gasteiger partial charge in [0.25, 0.3) is 0 Å². The van der Waals surface area contributed by atoms with Gasteiger partial charge in [0, 0.05) is 13.1 Å².